The Morgan fingerprint density at radius 2 is 1.87 bits per heavy atom. The van der Waals surface area contributed by atoms with Gasteiger partial charge in [0, 0.05) is 34.9 Å². The Labute approximate surface area is 149 Å². The molecular weight excluding hydrogens is 401 g/mol. The number of fused-ring (bicyclic) bond motifs is 1. The van der Waals surface area contributed by atoms with Crippen molar-refractivity contribution in [3.8, 4) is 0 Å². The summed E-state index contributed by atoms with van der Waals surface area (Å²) in [7, 11) is 1.73. The second-order valence-electron chi connectivity index (χ2n) is 6.32. The molecule has 0 saturated heterocycles. The summed E-state index contributed by atoms with van der Waals surface area (Å²) in [4.78, 5) is 12.4. The van der Waals surface area contributed by atoms with Crippen molar-refractivity contribution in [2.45, 2.75) is 26.8 Å². The average molecular weight is 421 g/mol. The second-order valence-corrected chi connectivity index (χ2v) is 7.48. The summed E-state index contributed by atoms with van der Waals surface area (Å²) in [5.74, 6) is 0.502. The van der Waals surface area contributed by atoms with Crippen molar-refractivity contribution >= 4 is 33.4 Å². The Morgan fingerprint density at radius 1 is 1.17 bits per heavy atom. The zero-order chi connectivity index (χ0) is 16.6. The van der Waals surface area contributed by atoms with Crippen LogP contribution in [0.25, 0.3) is 10.8 Å². The fraction of sp³-hybridized carbons (Fsp3) is 0.333. The first-order chi connectivity index (χ1) is 11.0. The minimum atomic E-state index is -0.0333. The van der Waals surface area contributed by atoms with Crippen molar-refractivity contribution in [2.24, 2.45) is 13.0 Å². The number of rotatable bonds is 4. The van der Waals surface area contributed by atoms with Crippen LogP contribution in [0.2, 0.25) is 0 Å². The van der Waals surface area contributed by atoms with Gasteiger partial charge in [-0.05, 0) is 46.6 Å². The van der Waals surface area contributed by atoms with Crippen LogP contribution in [0.5, 0.6) is 0 Å². The van der Waals surface area contributed by atoms with Crippen molar-refractivity contribution < 1.29 is 0 Å². The molecule has 3 aromatic rings. The molecule has 3 rings (SSSR count). The molecule has 5 heteroatoms. The first-order valence-corrected chi connectivity index (χ1v) is 8.82. The quantitative estimate of drug-likeness (QED) is 0.605. The Morgan fingerprint density at radius 3 is 2.57 bits per heavy atom. The molecule has 0 spiro atoms. The zero-order valence-electron chi connectivity index (χ0n) is 13.6. The first-order valence-electron chi connectivity index (χ1n) is 7.74. The van der Waals surface area contributed by atoms with E-state index < -0.39 is 0 Å². The summed E-state index contributed by atoms with van der Waals surface area (Å²) < 4.78 is 4.78. The van der Waals surface area contributed by atoms with E-state index in [0.29, 0.717) is 5.92 Å². The minimum Gasteiger partial charge on any atom is -0.348 e. The molecule has 0 unspecified atom stereocenters. The molecule has 0 aliphatic heterocycles. The molecule has 0 radical (unpaired) electrons. The molecular formula is C18H20IN3O. The molecule has 0 N–H and O–H groups in total. The lowest BCUT2D eigenvalue weighted by atomic mass is 10.1. The molecule has 0 aliphatic carbocycles. The van der Waals surface area contributed by atoms with E-state index in [1.807, 2.05) is 18.3 Å². The van der Waals surface area contributed by atoms with Crippen LogP contribution < -0.4 is 5.56 Å². The van der Waals surface area contributed by atoms with Gasteiger partial charge in [-0.1, -0.05) is 32.0 Å². The Balaban J connectivity index is 2.09. The predicted molar refractivity (Wildman–Crippen MR) is 102 cm³/mol. The molecule has 0 fully saturated rings. The fourth-order valence-electron chi connectivity index (χ4n) is 2.82. The highest BCUT2D eigenvalue weighted by molar-refractivity contribution is 14.1. The molecule has 0 amide bonds. The van der Waals surface area contributed by atoms with Gasteiger partial charge in [-0.3, -0.25) is 4.79 Å². The molecule has 23 heavy (non-hydrogen) atoms. The van der Waals surface area contributed by atoms with Gasteiger partial charge in [0.25, 0.3) is 5.56 Å². The van der Waals surface area contributed by atoms with Gasteiger partial charge >= 0.3 is 0 Å². The van der Waals surface area contributed by atoms with Gasteiger partial charge in [0.1, 0.15) is 0 Å². The molecule has 120 valence electrons. The first kappa shape index (κ1) is 16.2. The number of benzene rings is 1. The summed E-state index contributed by atoms with van der Waals surface area (Å²) in [6.45, 7) is 5.10. The molecule has 1 aromatic carbocycles. The van der Waals surface area contributed by atoms with Gasteiger partial charge in [0.2, 0.25) is 0 Å². The van der Waals surface area contributed by atoms with Crippen molar-refractivity contribution in [3.63, 3.8) is 0 Å². The monoisotopic (exact) mass is 421 g/mol. The third-order valence-corrected chi connectivity index (χ3v) is 4.95. The molecule has 0 aliphatic rings. The maximum Gasteiger partial charge on any atom is 0.275 e. The molecule has 0 saturated carbocycles. The standard InChI is InChI=1S/C18H20IN3O/c1-12(2)8-17-14-10-22(9-13-6-4-5-7-16(13)19)11-15(14)18(23)21(3)20-17/h4-7,10-12H,8-9H2,1-3H3. The van der Waals surface area contributed by atoms with E-state index in [0.717, 1.165) is 29.4 Å². The Kier molecular flexibility index (Phi) is 4.57. The molecule has 2 heterocycles. The van der Waals surface area contributed by atoms with Crippen LogP contribution >= 0.6 is 22.6 Å². The SMILES string of the molecule is CC(C)Cc1nn(C)c(=O)c2cn(Cc3ccccc3I)cc12. The predicted octanol–water partition coefficient (Wildman–Crippen LogP) is 3.59. The second kappa shape index (κ2) is 6.47. The van der Waals surface area contributed by atoms with E-state index in [-0.39, 0.29) is 5.56 Å². The van der Waals surface area contributed by atoms with Gasteiger partial charge in [0.15, 0.2) is 0 Å². The van der Waals surface area contributed by atoms with Crippen molar-refractivity contribution in [1.29, 1.82) is 0 Å². The van der Waals surface area contributed by atoms with Gasteiger partial charge in [-0.15, -0.1) is 0 Å². The van der Waals surface area contributed by atoms with Crippen LogP contribution in [0.4, 0.5) is 0 Å². The minimum absolute atomic E-state index is 0.0333. The van der Waals surface area contributed by atoms with Gasteiger partial charge < -0.3 is 4.57 Å². The van der Waals surface area contributed by atoms with Crippen LogP contribution in [-0.4, -0.2) is 14.3 Å². The maximum atomic E-state index is 12.4. The van der Waals surface area contributed by atoms with Crippen LogP contribution in [0.1, 0.15) is 25.1 Å². The van der Waals surface area contributed by atoms with E-state index in [9.17, 15) is 4.79 Å². The number of halogens is 1. The number of aryl methyl sites for hydroxylation is 1. The van der Waals surface area contributed by atoms with Gasteiger partial charge in [-0.25, -0.2) is 4.68 Å². The third-order valence-electron chi connectivity index (χ3n) is 3.90. The largest absolute Gasteiger partial charge is 0.348 e. The highest BCUT2D eigenvalue weighted by atomic mass is 127. The number of nitrogens with zero attached hydrogens (tertiary/aromatic N) is 3. The van der Waals surface area contributed by atoms with E-state index in [1.165, 1.54) is 13.8 Å². The topological polar surface area (TPSA) is 39.8 Å². The molecule has 4 nitrogen and oxygen atoms in total. The summed E-state index contributed by atoms with van der Waals surface area (Å²) in [5.41, 5.74) is 2.22. The average Bonchev–Trinajstić information content (AvgIpc) is 2.91. The zero-order valence-corrected chi connectivity index (χ0v) is 15.7. The van der Waals surface area contributed by atoms with E-state index >= 15 is 0 Å². The van der Waals surface area contributed by atoms with Gasteiger partial charge in [-0.2, -0.15) is 5.10 Å². The number of aromatic nitrogens is 3. The smallest absolute Gasteiger partial charge is 0.275 e. The normalized spacial score (nSPS) is 11.5. The van der Waals surface area contributed by atoms with E-state index in [2.05, 4.69) is 64.4 Å². The fourth-order valence-corrected chi connectivity index (χ4v) is 3.37. The summed E-state index contributed by atoms with van der Waals surface area (Å²) >= 11 is 2.35. The van der Waals surface area contributed by atoms with Crippen molar-refractivity contribution in [3.05, 3.63) is 61.8 Å². The van der Waals surface area contributed by atoms with Crippen LogP contribution in [0.15, 0.2) is 41.5 Å². The van der Waals surface area contributed by atoms with Crippen molar-refractivity contribution in [2.75, 3.05) is 0 Å². The van der Waals surface area contributed by atoms with E-state index in [4.69, 9.17) is 0 Å². The molecule has 0 bridgehead atoms. The van der Waals surface area contributed by atoms with Crippen LogP contribution in [0, 0.1) is 9.49 Å². The highest BCUT2D eigenvalue weighted by Crippen LogP contribution is 2.20. The lowest BCUT2D eigenvalue weighted by Gasteiger charge is -2.07. The Hall–Kier alpha value is -1.63. The van der Waals surface area contributed by atoms with Gasteiger partial charge in [0.05, 0.1) is 11.1 Å². The lowest BCUT2D eigenvalue weighted by Crippen LogP contribution is -2.21. The number of hydrogen-bond donors (Lipinski definition) is 0. The molecule has 0 atom stereocenters. The van der Waals surface area contributed by atoms with Crippen LogP contribution in [0.3, 0.4) is 0 Å². The summed E-state index contributed by atoms with van der Waals surface area (Å²) in [6.07, 6.45) is 4.88. The summed E-state index contributed by atoms with van der Waals surface area (Å²) in [5, 5.41) is 6.20. The highest BCUT2D eigenvalue weighted by Gasteiger charge is 2.13. The summed E-state index contributed by atoms with van der Waals surface area (Å²) in [6, 6.07) is 8.31. The van der Waals surface area contributed by atoms with E-state index in [1.54, 1.807) is 7.05 Å². The van der Waals surface area contributed by atoms with Crippen molar-refractivity contribution in [1.82, 2.24) is 14.3 Å². The third kappa shape index (κ3) is 3.34. The Bertz CT molecular complexity index is 908. The molecule has 2 aromatic heterocycles. The van der Waals surface area contributed by atoms with Crippen LogP contribution in [-0.2, 0) is 20.0 Å². The lowest BCUT2D eigenvalue weighted by molar-refractivity contribution is 0.605. The number of hydrogen-bond acceptors (Lipinski definition) is 2. The maximum absolute atomic E-state index is 12.4.